The first-order valence-electron chi connectivity index (χ1n) is 6.69. The summed E-state index contributed by atoms with van der Waals surface area (Å²) in [5.41, 5.74) is -0.683. The Hall–Kier alpha value is -0.410. The SMILES string of the molecule is CC(C)C(=O)CC[C@@]1(C)O[C@]2(C)CC[C@H]1[C@H]2O. The number of rotatable bonds is 4. The van der Waals surface area contributed by atoms with E-state index in [-0.39, 0.29) is 34.9 Å². The van der Waals surface area contributed by atoms with Gasteiger partial charge in [-0.2, -0.15) is 0 Å². The highest BCUT2D eigenvalue weighted by Crippen LogP contribution is 2.54. The minimum Gasteiger partial charge on any atom is -0.390 e. The number of aliphatic hydroxyl groups is 1. The molecule has 0 spiro atoms. The van der Waals surface area contributed by atoms with Gasteiger partial charge in [0, 0.05) is 18.3 Å². The van der Waals surface area contributed by atoms with E-state index in [4.69, 9.17) is 4.74 Å². The van der Waals surface area contributed by atoms with Crippen LogP contribution in [0.1, 0.15) is 53.4 Å². The van der Waals surface area contributed by atoms with Crippen LogP contribution in [-0.4, -0.2) is 28.2 Å². The van der Waals surface area contributed by atoms with Crippen molar-refractivity contribution in [3.8, 4) is 0 Å². The molecule has 0 aromatic rings. The molecule has 2 bridgehead atoms. The average Bonchev–Trinajstić information content (AvgIpc) is 2.61. The number of ether oxygens (including phenoxy) is 1. The standard InChI is InChI=1S/C14H24O3/c1-9(2)11(15)6-8-13(3)10-5-7-14(4,17-13)12(10)16/h9-10,12,16H,5-8H2,1-4H3/t10-,12+,13+,14+/m0/s1. The minimum absolute atomic E-state index is 0.0951. The average molecular weight is 240 g/mol. The fourth-order valence-corrected chi connectivity index (χ4v) is 3.43. The van der Waals surface area contributed by atoms with Crippen molar-refractivity contribution in [1.82, 2.24) is 0 Å². The molecule has 1 saturated carbocycles. The maximum Gasteiger partial charge on any atom is 0.135 e. The van der Waals surface area contributed by atoms with Gasteiger partial charge in [-0.25, -0.2) is 0 Å². The van der Waals surface area contributed by atoms with Crippen molar-refractivity contribution in [1.29, 1.82) is 0 Å². The van der Waals surface area contributed by atoms with Crippen molar-refractivity contribution >= 4 is 5.78 Å². The normalized spacial score (nSPS) is 44.6. The predicted molar refractivity (Wildman–Crippen MR) is 65.7 cm³/mol. The van der Waals surface area contributed by atoms with Crippen LogP contribution in [0.4, 0.5) is 0 Å². The highest BCUT2D eigenvalue weighted by Gasteiger charge is 2.61. The van der Waals surface area contributed by atoms with E-state index in [1.54, 1.807) is 0 Å². The molecule has 0 amide bonds. The first-order chi connectivity index (χ1) is 7.78. The summed E-state index contributed by atoms with van der Waals surface area (Å²) in [4.78, 5) is 11.7. The summed E-state index contributed by atoms with van der Waals surface area (Å²) in [5, 5.41) is 10.2. The van der Waals surface area contributed by atoms with E-state index in [0.29, 0.717) is 6.42 Å². The van der Waals surface area contributed by atoms with Gasteiger partial charge in [0.1, 0.15) is 5.78 Å². The summed E-state index contributed by atoms with van der Waals surface area (Å²) >= 11 is 0. The summed E-state index contributed by atoms with van der Waals surface area (Å²) in [7, 11) is 0. The van der Waals surface area contributed by atoms with Crippen LogP contribution in [-0.2, 0) is 9.53 Å². The molecule has 17 heavy (non-hydrogen) atoms. The summed E-state index contributed by atoms with van der Waals surface area (Å²) in [6, 6.07) is 0. The smallest absolute Gasteiger partial charge is 0.135 e. The molecule has 0 aromatic carbocycles. The van der Waals surface area contributed by atoms with Crippen molar-refractivity contribution in [3.05, 3.63) is 0 Å². The van der Waals surface area contributed by atoms with Crippen LogP contribution >= 0.6 is 0 Å². The van der Waals surface area contributed by atoms with Crippen LogP contribution in [0.2, 0.25) is 0 Å². The van der Waals surface area contributed by atoms with Gasteiger partial charge in [0.15, 0.2) is 0 Å². The van der Waals surface area contributed by atoms with Gasteiger partial charge >= 0.3 is 0 Å². The molecule has 0 radical (unpaired) electrons. The third kappa shape index (κ3) is 2.04. The van der Waals surface area contributed by atoms with Crippen LogP contribution in [0.5, 0.6) is 0 Å². The molecule has 1 aliphatic heterocycles. The second-order valence-corrected chi connectivity index (χ2v) is 6.44. The molecule has 1 heterocycles. The second-order valence-electron chi connectivity index (χ2n) is 6.44. The first-order valence-corrected chi connectivity index (χ1v) is 6.69. The predicted octanol–water partition coefficient (Wildman–Crippen LogP) is 2.31. The second kappa shape index (κ2) is 4.06. The maximum atomic E-state index is 11.7. The van der Waals surface area contributed by atoms with Crippen molar-refractivity contribution < 1.29 is 14.6 Å². The molecule has 4 atom stereocenters. The molecule has 3 heteroatoms. The molecule has 98 valence electrons. The molecule has 0 unspecified atom stereocenters. The molecule has 3 nitrogen and oxygen atoms in total. The fourth-order valence-electron chi connectivity index (χ4n) is 3.43. The first kappa shape index (κ1) is 13.0. The van der Waals surface area contributed by atoms with Crippen molar-refractivity contribution in [2.45, 2.75) is 70.7 Å². The van der Waals surface area contributed by atoms with E-state index in [1.165, 1.54) is 0 Å². The summed E-state index contributed by atoms with van der Waals surface area (Å²) < 4.78 is 6.08. The molecular weight excluding hydrogens is 216 g/mol. The molecular formula is C14H24O3. The van der Waals surface area contributed by atoms with E-state index in [0.717, 1.165) is 19.3 Å². The Morgan fingerprint density at radius 3 is 2.53 bits per heavy atom. The molecule has 2 aliphatic rings. The molecule has 2 fully saturated rings. The quantitative estimate of drug-likeness (QED) is 0.820. The molecule has 2 rings (SSSR count). The Morgan fingerprint density at radius 2 is 2.12 bits per heavy atom. The minimum atomic E-state index is -0.375. The van der Waals surface area contributed by atoms with E-state index in [2.05, 4.69) is 6.92 Å². The zero-order valence-corrected chi connectivity index (χ0v) is 11.3. The third-order valence-corrected chi connectivity index (χ3v) is 4.72. The van der Waals surface area contributed by atoms with Crippen molar-refractivity contribution in [3.63, 3.8) is 0 Å². The molecule has 1 aliphatic carbocycles. The van der Waals surface area contributed by atoms with Gasteiger partial charge in [-0.1, -0.05) is 13.8 Å². The fraction of sp³-hybridized carbons (Fsp3) is 0.929. The van der Waals surface area contributed by atoms with Gasteiger partial charge in [-0.3, -0.25) is 4.79 Å². The Kier molecular flexibility index (Phi) is 3.11. The number of carbonyl (C=O) groups is 1. The lowest BCUT2D eigenvalue weighted by Gasteiger charge is -2.36. The summed E-state index contributed by atoms with van der Waals surface area (Å²) in [6.07, 6.45) is 2.90. The van der Waals surface area contributed by atoms with Crippen LogP contribution in [0.15, 0.2) is 0 Å². The topological polar surface area (TPSA) is 46.5 Å². The van der Waals surface area contributed by atoms with Crippen LogP contribution in [0.3, 0.4) is 0 Å². The van der Waals surface area contributed by atoms with E-state index < -0.39 is 0 Å². The van der Waals surface area contributed by atoms with Gasteiger partial charge in [0.2, 0.25) is 0 Å². The largest absolute Gasteiger partial charge is 0.390 e. The van der Waals surface area contributed by atoms with Crippen LogP contribution in [0, 0.1) is 11.8 Å². The van der Waals surface area contributed by atoms with E-state index >= 15 is 0 Å². The Balaban J connectivity index is 2.00. The number of aliphatic hydroxyl groups excluding tert-OH is 1. The lowest BCUT2D eigenvalue weighted by molar-refractivity contribution is -0.139. The van der Waals surface area contributed by atoms with Gasteiger partial charge in [0.05, 0.1) is 17.3 Å². The van der Waals surface area contributed by atoms with E-state index in [1.807, 2.05) is 20.8 Å². The Bertz CT molecular complexity index is 325. The number of fused-ring (bicyclic) bond motifs is 2. The lowest BCUT2D eigenvalue weighted by Crippen LogP contribution is -2.39. The maximum absolute atomic E-state index is 11.7. The monoisotopic (exact) mass is 240 g/mol. The third-order valence-electron chi connectivity index (χ3n) is 4.72. The van der Waals surface area contributed by atoms with Gasteiger partial charge in [-0.05, 0) is 33.1 Å². The Morgan fingerprint density at radius 1 is 1.47 bits per heavy atom. The lowest BCUT2D eigenvalue weighted by atomic mass is 9.82. The summed E-state index contributed by atoms with van der Waals surface area (Å²) in [6.45, 7) is 7.91. The molecule has 1 saturated heterocycles. The van der Waals surface area contributed by atoms with Crippen LogP contribution < -0.4 is 0 Å². The van der Waals surface area contributed by atoms with Gasteiger partial charge < -0.3 is 9.84 Å². The number of carbonyl (C=O) groups excluding carboxylic acids is 1. The number of ketones is 1. The van der Waals surface area contributed by atoms with Crippen molar-refractivity contribution in [2.24, 2.45) is 11.8 Å². The number of Topliss-reactive ketones (excluding diaryl/α,β-unsaturated/α-hetero) is 1. The zero-order valence-electron chi connectivity index (χ0n) is 11.3. The number of hydrogen-bond acceptors (Lipinski definition) is 3. The van der Waals surface area contributed by atoms with Crippen molar-refractivity contribution in [2.75, 3.05) is 0 Å². The number of hydrogen-bond donors (Lipinski definition) is 1. The summed E-state index contributed by atoms with van der Waals surface area (Å²) in [5.74, 6) is 0.586. The van der Waals surface area contributed by atoms with Gasteiger partial charge in [0.25, 0.3) is 0 Å². The Labute approximate surface area is 104 Å². The highest BCUT2D eigenvalue weighted by atomic mass is 16.6. The molecule has 1 N–H and O–H groups in total. The highest BCUT2D eigenvalue weighted by molar-refractivity contribution is 5.80. The van der Waals surface area contributed by atoms with Crippen LogP contribution in [0.25, 0.3) is 0 Å². The van der Waals surface area contributed by atoms with E-state index in [9.17, 15) is 9.90 Å². The zero-order chi connectivity index (χ0) is 12.8. The van der Waals surface area contributed by atoms with Gasteiger partial charge in [-0.15, -0.1) is 0 Å². The molecule has 0 aromatic heterocycles.